The van der Waals surface area contributed by atoms with E-state index in [9.17, 15) is 19.2 Å². The molecule has 8 heteroatoms. The minimum Gasteiger partial charge on any atom is -0.454 e. The van der Waals surface area contributed by atoms with Crippen LogP contribution in [0.4, 0.5) is 5.69 Å². The first-order chi connectivity index (χ1) is 15.2. The molecule has 0 radical (unpaired) electrons. The Kier molecular flexibility index (Phi) is 6.25. The lowest BCUT2D eigenvalue weighted by atomic mass is 9.85. The smallest absolute Gasteiger partial charge is 0.330 e. The quantitative estimate of drug-likeness (QED) is 0.350. The summed E-state index contributed by atoms with van der Waals surface area (Å²) in [4.78, 5) is 52.6. The van der Waals surface area contributed by atoms with Gasteiger partial charge in [-0.3, -0.25) is 19.3 Å². The highest BCUT2D eigenvalue weighted by molar-refractivity contribution is 9.10. The molecule has 2 aliphatic carbocycles. The van der Waals surface area contributed by atoms with Crippen molar-refractivity contribution in [2.75, 3.05) is 11.9 Å². The van der Waals surface area contributed by atoms with E-state index in [4.69, 9.17) is 4.74 Å². The Morgan fingerprint density at radius 3 is 2.34 bits per heavy atom. The molecule has 3 aliphatic rings. The van der Waals surface area contributed by atoms with Crippen LogP contribution in [-0.4, -0.2) is 41.2 Å². The Balaban J connectivity index is 1.42. The number of rotatable bonds is 7. The van der Waals surface area contributed by atoms with E-state index in [1.807, 2.05) is 31.2 Å². The molecule has 1 aromatic rings. The van der Waals surface area contributed by atoms with Crippen LogP contribution in [0.2, 0.25) is 0 Å². The van der Waals surface area contributed by atoms with Crippen molar-refractivity contribution in [1.82, 2.24) is 4.90 Å². The summed E-state index contributed by atoms with van der Waals surface area (Å²) in [6.07, 6.45) is 5.58. The topological polar surface area (TPSA) is 92.8 Å². The monoisotopic (exact) mass is 502 g/mol. The Labute approximate surface area is 195 Å². The Bertz CT molecular complexity index is 974. The molecule has 1 saturated heterocycles. The van der Waals surface area contributed by atoms with Gasteiger partial charge in [0.05, 0.1) is 11.8 Å². The Hall–Kier alpha value is -2.48. The molecule has 3 amide bonds. The van der Waals surface area contributed by atoms with Crippen LogP contribution in [0.1, 0.15) is 32.8 Å². The number of carbonyl (C=O) groups excluding carboxylic acids is 4. The van der Waals surface area contributed by atoms with E-state index in [2.05, 4.69) is 21.2 Å². The third-order valence-electron chi connectivity index (χ3n) is 6.72. The van der Waals surface area contributed by atoms with Gasteiger partial charge in [-0.2, -0.15) is 0 Å². The third-order valence-corrected chi connectivity index (χ3v) is 7.22. The lowest BCUT2D eigenvalue weighted by Crippen LogP contribution is -2.50. The van der Waals surface area contributed by atoms with Crippen molar-refractivity contribution in [3.63, 3.8) is 0 Å². The number of nitrogens with one attached hydrogen (secondary N) is 1. The van der Waals surface area contributed by atoms with Gasteiger partial charge in [0.1, 0.15) is 6.04 Å². The molecule has 1 saturated carbocycles. The summed E-state index contributed by atoms with van der Waals surface area (Å²) in [7, 11) is 0. The van der Waals surface area contributed by atoms with Crippen LogP contribution < -0.4 is 5.32 Å². The first kappa shape index (κ1) is 22.7. The summed E-state index contributed by atoms with van der Waals surface area (Å²) in [5.41, 5.74) is 1.60. The largest absolute Gasteiger partial charge is 0.454 e. The number of amides is 3. The molecule has 0 unspecified atom stereocenters. The summed E-state index contributed by atoms with van der Waals surface area (Å²) in [6, 6.07) is 4.48. The number of fused-ring (bicyclic) bond motifs is 5. The van der Waals surface area contributed by atoms with E-state index in [0.29, 0.717) is 5.69 Å². The number of aryl methyl sites for hydroxylation is 1. The minimum atomic E-state index is -1.04. The molecule has 2 fully saturated rings. The van der Waals surface area contributed by atoms with Crippen LogP contribution in [0, 0.1) is 29.6 Å². The highest BCUT2D eigenvalue weighted by Crippen LogP contribution is 2.53. The number of benzene rings is 1. The molecule has 1 N–H and O–H groups in total. The number of likely N-dealkylation sites (tertiary alicyclic amines) is 1. The molecular weight excluding hydrogens is 476 g/mol. The fourth-order valence-corrected chi connectivity index (χ4v) is 5.67. The molecule has 2 bridgehead atoms. The number of hydrogen-bond acceptors (Lipinski definition) is 5. The van der Waals surface area contributed by atoms with E-state index in [-0.39, 0.29) is 41.4 Å². The fourth-order valence-electron chi connectivity index (χ4n) is 5.26. The second kappa shape index (κ2) is 8.81. The summed E-state index contributed by atoms with van der Waals surface area (Å²) in [6.45, 7) is 5.02. The number of allylic oxidation sites excluding steroid dienone is 2. The van der Waals surface area contributed by atoms with Crippen molar-refractivity contribution in [1.29, 1.82) is 0 Å². The van der Waals surface area contributed by atoms with Gasteiger partial charge in [0.15, 0.2) is 6.61 Å². The lowest BCUT2D eigenvalue weighted by Gasteiger charge is -2.28. The van der Waals surface area contributed by atoms with E-state index < -0.39 is 24.5 Å². The maximum Gasteiger partial charge on any atom is 0.330 e. The number of nitrogens with zero attached hydrogens (tertiary/aromatic N) is 1. The highest BCUT2D eigenvalue weighted by Gasteiger charge is 2.61. The zero-order chi connectivity index (χ0) is 23.2. The predicted octanol–water partition coefficient (Wildman–Crippen LogP) is 3.32. The van der Waals surface area contributed by atoms with Gasteiger partial charge >= 0.3 is 5.97 Å². The molecule has 170 valence electrons. The predicted molar refractivity (Wildman–Crippen MR) is 121 cm³/mol. The molecular formula is C24H27BrN2O5. The highest BCUT2D eigenvalue weighted by atomic mass is 79.9. The summed E-state index contributed by atoms with van der Waals surface area (Å²) in [5, 5.41) is 2.76. The fraction of sp³-hybridized carbons (Fsp3) is 0.500. The molecule has 0 spiro atoms. The molecule has 32 heavy (non-hydrogen) atoms. The molecule has 7 nitrogen and oxygen atoms in total. The average molecular weight is 503 g/mol. The zero-order valence-electron chi connectivity index (χ0n) is 18.3. The van der Waals surface area contributed by atoms with E-state index >= 15 is 0 Å². The van der Waals surface area contributed by atoms with E-state index in [0.717, 1.165) is 27.8 Å². The molecule has 0 aromatic heterocycles. The Morgan fingerprint density at radius 2 is 1.78 bits per heavy atom. The van der Waals surface area contributed by atoms with Crippen molar-refractivity contribution in [3.8, 4) is 0 Å². The van der Waals surface area contributed by atoms with Gasteiger partial charge in [-0.05, 0) is 54.4 Å². The van der Waals surface area contributed by atoms with Crippen molar-refractivity contribution < 1.29 is 23.9 Å². The van der Waals surface area contributed by atoms with Crippen molar-refractivity contribution in [2.45, 2.75) is 39.7 Å². The molecule has 1 aliphatic heterocycles. The van der Waals surface area contributed by atoms with Gasteiger partial charge in [0.25, 0.3) is 5.91 Å². The first-order valence-corrected chi connectivity index (χ1v) is 11.8. The number of hydrogen-bond donors (Lipinski definition) is 1. The van der Waals surface area contributed by atoms with Gasteiger partial charge in [-0.25, -0.2) is 4.79 Å². The van der Waals surface area contributed by atoms with Gasteiger partial charge in [-0.15, -0.1) is 0 Å². The van der Waals surface area contributed by atoms with E-state index in [1.54, 1.807) is 19.9 Å². The molecule has 5 atom stereocenters. The minimum absolute atomic E-state index is 0.0692. The number of carbonyl (C=O) groups is 4. The number of imide groups is 1. The van der Waals surface area contributed by atoms with Gasteiger partial charge in [-0.1, -0.05) is 48.9 Å². The van der Waals surface area contributed by atoms with E-state index in [1.165, 1.54) is 0 Å². The Morgan fingerprint density at radius 1 is 1.16 bits per heavy atom. The maximum atomic E-state index is 13.1. The first-order valence-electron chi connectivity index (χ1n) is 11.0. The van der Waals surface area contributed by atoms with Crippen LogP contribution in [0.3, 0.4) is 0 Å². The normalized spacial score (nSPS) is 26.6. The van der Waals surface area contributed by atoms with Gasteiger partial charge < -0.3 is 10.1 Å². The second-order valence-electron chi connectivity index (χ2n) is 9.05. The number of halogens is 1. The lowest BCUT2D eigenvalue weighted by molar-refractivity contribution is -0.162. The van der Waals surface area contributed by atoms with Crippen LogP contribution in [0.5, 0.6) is 0 Å². The van der Waals surface area contributed by atoms with Gasteiger partial charge in [0.2, 0.25) is 11.8 Å². The van der Waals surface area contributed by atoms with Crippen molar-refractivity contribution in [3.05, 3.63) is 40.4 Å². The summed E-state index contributed by atoms with van der Waals surface area (Å²) < 4.78 is 6.18. The van der Waals surface area contributed by atoms with Crippen molar-refractivity contribution in [2.24, 2.45) is 29.6 Å². The summed E-state index contributed by atoms with van der Waals surface area (Å²) in [5.74, 6) is -2.74. The standard InChI is InChI=1S/C24H27BrN2O5/c1-4-13-10-16(25)7-8-17(13)26-18(28)11-32-24(31)21(12(2)3)27-22(29)19-14-5-6-15(9-14)20(19)23(27)30/h5-8,10,12,14-15,19-21H,4,9,11H2,1-3H3,(H,26,28)/t14-,15-,19+,20+,21-/m0/s1. The molecule has 4 rings (SSSR count). The summed E-state index contributed by atoms with van der Waals surface area (Å²) >= 11 is 3.41. The molecule has 1 heterocycles. The maximum absolute atomic E-state index is 13.1. The SMILES string of the molecule is CCc1cc(Br)ccc1NC(=O)COC(=O)[C@H](C(C)C)N1C(=O)[C@H]2[C@H](C1=O)[C@H]1C=C[C@H]2C1. The van der Waals surface area contributed by atoms with Crippen LogP contribution >= 0.6 is 15.9 Å². The van der Waals surface area contributed by atoms with Crippen LogP contribution in [-0.2, 0) is 30.3 Å². The number of ether oxygens (including phenoxy) is 1. The number of anilines is 1. The average Bonchev–Trinajstić information content (AvgIpc) is 3.43. The third kappa shape index (κ3) is 3.89. The van der Waals surface area contributed by atoms with Crippen LogP contribution in [0.25, 0.3) is 0 Å². The van der Waals surface area contributed by atoms with Crippen molar-refractivity contribution >= 4 is 45.3 Å². The zero-order valence-corrected chi connectivity index (χ0v) is 19.9. The van der Waals surface area contributed by atoms with Crippen LogP contribution in [0.15, 0.2) is 34.8 Å². The number of esters is 1. The van der Waals surface area contributed by atoms with Gasteiger partial charge in [0, 0.05) is 10.2 Å². The molecule has 1 aromatic carbocycles. The second-order valence-corrected chi connectivity index (χ2v) is 9.96.